The number of sulfone groups is 1. The zero-order valence-corrected chi connectivity index (χ0v) is 18.1. The molecule has 0 aromatic heterocycles. The van der Waals surface area contributed by atoms with Gasteiger partial charge in [-0.1, -0.05) is 38.5 Å². The van der Waals surface area contributed by atoms with E-state index in [4.69, 9.17) is 10.5 Å². The SMILES string of the molecule is NC1CNCC2(CCCCCCCC2)C1N1CCC(S(=O)(=O)C2COC2)CC1. The monoisotopic (exact) mass is 413 g/mol. The highest BCUT2D eigenvalue weighted by Gasteiger charge is 2.48. The Hall–Kier alpha value is -0.210. The molecule has 2 unspecified atom stereocenters. The summed E-state index contributed by atoms with van der Waals surface area (Å²) in [7, 11) is -3.04. The van der Waals surface area contributed by atoms with E-state index in [9.17, 15) is 8.42 Å². The van der Waals surface area contributed by atoms with E-state index in [-0.39, 0.29) is 22.0 Å². The second-order valence-corrected chi connectivity index (χ2v) is 12.2. The Bertz CT molecular complexity index is 604. The predicted molar refractivity (Wildman–Crippen MR) is 112 cm³/mol. The van der Waals surface area contributed by atoms with Crippen LogP contribution in [-0.4, -0.2) is 75.3 Å². The van der Waals surface area contributed by atoms with Crippen LogP contribution in [0.3, 0.4) is 0 Å². The van der Waals surface area contributed by atoms with Crippen molar-refractivity contribution in [1.82, 2.24) is 10.2 Å². The lowest BCUT2D eigenvalue weighted by molar-refractivity contribution is -0.00349. The summed E-state index contributed by atoms with van der Waals surface area (Å²) >= 11 is 0. The van der Waals surface area contributed by atoms with Gasteiger partial charge in [0.2, 0.25) is 0 Å². The van der Waals surface area contributed by atoms with Crippen molar-refractivity contribution >= 4 is 9.84 Å². The van der Waals surface area contributed by atoms with Crippen molar-refractivity contribution in [2.45, 2.75) is 86.8 Å². The van der Waals surface area contributed by atoms with E-state index >= 15 is 0 Å². The van der Waals surface area contributed by atoms with Crippen LogP contribution in [-0.2, 0) is 14.6 Å². The number of likely N-dealkylation sites (tertiary alicyclic amines) is 1. The van der Waals surface area contributed by atoms with Gasteiger partial charge in [0, 0.05) is 25.2 Å². The molecule has 4 fully saturated rings. The van der Waals surface area contributed by atoms with Gasteiger partial charge < -0.3 is 15.8 Å². The van der Waals surface area contributed by atoms with E-state index in [0.29, 0.717) is 19.3 Å². The quantitative estimate of drug-likeness (QED) is 0.732. The molecule has 1 spiro atoms. The minimum absolute atomic E-state index is 0.141. The van der Waals surface area contributed by atoms with Crippen molar-refractivity contribution < 1.29 is 13.2 Å². The van der Waals surface area contributed by atoms with Gasteiger partial charge in [-0.2, -0.15) is 0 Å². The van der Waals surface area contributed by atoms with Gasteiger partial charge in [0.25, 0.3) is 0 Å². The molecule has 162 valence electrons. The molecule has 0 bridgehead atoms. The molecule has 6 nitrogen and oxygen atoms in total. The molecule has 4 aliphatic rings. The molecule has 0 aromatic rings. The third-order valence-electron chi connectivity index (χ3n) is 7.90. The maximum atomic E-state index is 12.8. The summed E-state index contributed by atoms with van der Waals surface area (Å²) in [6.45, 7) is 4.48. The molecule has 4 rings (SSSR count). The lowest BCUT2D eigenvalue weighted by Gasteiger charge is -2.54. The van der Waals surface area contributed by atoms with Crippen molar-refractivity contribution in [2.24, 2.45) is 11.1 Å². The first-order valence-corrected chi connectivity index (χ1v) is 13.1. The molecule has 3 heterocycles. The van der Waals surface area contributed by atoms with Crippen LogP contribution in [0.1, 0.15) is 64.2 Å². The molecule has 7 heteroatoms. The van der Waals surface area contributed by atoms with E-state index in [1.54, 1.807) is 0 Å². The van der Waals surface area contributed by atoms with E-state index < -0.39 is 9.84 Å². The lowest BCUT2D eigenvalue weighted by Crippen LogP contribution is -2.68. The third kappa shape index (κ3) is 4.15. The molecule has 3 saturated heterocycles. The number of piperidine rings is 2. The Morgan fingerprint density at radius 3 is 2.11 bits per heavy atom. The zero-order valence-electron chi connectivity index (χ0n) is 17.3. The summed E-state index contributed by atoms with van der Waals surface area (Å²) in [5.74, 6) is 0. The number of hydrogen-bond acceptors (Lipinski definition) is 6. The maximum absolute atomic E-state index is 12.8. The number of nitrogens with two attached hydrogens (primary N) is 1. The normalized spacial score (nSPS) is 34.3. The first kappa shape index (κ1) is 21.0. The topological polar surface area (TPSA) is 84.7 Å². The van der Waals surface area contributed by atoms with Gasteiger partial charge in [-0.15, -0.1) is 0 Å². The van der Waals surface area contributed by atoms with Crippen LogP contribution in [0.5, 0.6) is 0 Å². The number of hydrogen-bond donors (Lipinski definition) is 2. The number of ether oxygens (including phenoxy) is 1. The highest BCUT2D eigenvalue weighted by molar-refractivity contribution is 7.92. The second kappa shape index (κ2) is 8.88. The second-order valence-electron chi connectivity index (χ2n) is 9.71. The lowest BCUT2D eigenvalue weighted by atomic mass is 9.67. The van der Waals surface area contributed by atoms with Crippen LogP contribution in [0.2, 0.25) is 0 Å². The van der Waals surface area contributed by atoms with E-state index in [0.717, 1.165) is 39.0 Å². The molecule has 28 heavy (non-hydrogen) atoms. The van der Waals surface area contributed by atoms with Crippen LogP contribution in [0.15, 0.2) is 0 Å². The molecule has 0 aromatic carbocycles. The van der Waals surface area contributed by atoms with Gasteiger partial charge in [-0.05, 0) is 44.2 Å². The van der Waals surface area contributed by atoms with Crippen LogP contribution >= 0.6 is 0 Å². The van der Waals surface area contributed by atoms with Crippen LogP contribution in [0, 0.1) is 5.41 Å². The third-order valence-corrected chi connectivity index (χ3v) is 10.5. The molecular formula is C21H39N3O3S. The summed E-state index contributed by atoms with van der Waals surface area (Å²) in [5.41, 5.74) is 6.96. The number of rotatable bonds is 3. The number of nitrogens with one attached hydrogen (secondary N) is 1. The molecular weight excluding hydrogens is 374 g/mol. The van der Waals surface area contributed by atoms with E-state index in [2.05, 4.69) is 10.2 Å². The molecule has 3 N–H and O–H groups in total. The number of nitrogens with zero attached hydrogens (tertiary/aromatic N) is 1. The Morgan fingerprint density at radius 2 is 1.54 bits per heavy atom. The fourth-order valence-electron chi connectivity index (χ4n) is 6.23. The van der Waals surface area contributed by atoms with Crippen molar-refractivity contribution in [3.05, 3.63) is 0 Å². The summed E-state index contributed by atoms with van der Waals surface area (Å²) in [5, 5.41) is 3.19. The highest BCUT2D eigenvalue weighted by Crippen LogP contribution is 2.42. The van der Waals surface area contributed by atoms with Gasteiger partial charge in [0.15, 0.2) is 9.84 Å². The predicted octanol–water partition coefficient (Wildman–Crippen LogP) is 1.68. The van der Waals surface area contributed by atoms with Gasteiger partial charge >= 0.3 is 0 Å². The van der Waals surface area contributed by atoms with Crippen LogP contribution in [0.25, 0.3) is 0 Å². The molecule has 3 aliphatic heterocycles. The smallest absolute Gasteiger partial charge is 0.160 e. The van der Waals surface area contributed by atoms with Gasteiger partial charge in [-0.25, -0.2) is 8.42 Å². The average Bonchev–Trinajstić information content (AvgIpc) is 2.73. The van der Waals surface area contributed by atoms with Crippen molar-refractivity contribution in [1.29, 1.82) is 0 Å². The summed E-state index contributed by atoms with van der Waals surface area (Å²) < 4.78 is 30.7. The van der Waals surface area contributed by atoms with Gasteiger partial charge in [0.1, 0.15) is 5.25 Å². The van der Waals surface area contributed by atoms with Crippen LogP contribution in [0.4, 0.5) is 0 Å². The van der Waals surface area contributed by atoms with E-state index in [1.165, 1.54) is 51.4 Å². The average molecular weight is 414 g/mol. The first-order chi connectivity index (χ1) is 13.5. The van der Waals surface area contributed by atoms with Gasteiger partial charge in [-0.3, -0.25) is 4.90 Å². The zero-order chi connectivity index (χ0) is 19.6. The van der Waals surface area contributed by atoms with Gasteiger partial charge in [0.05, 0.1) is 18.5 Å². The maximum Gasteiger partial charge on any atom is 0.160 e. The molecule has 1 aliphatic carbocycles. The Labute approximate surface area is 170 Å². The minimum atomic E-state index is -3.04. The Morgan fingerprint density at radius 1 is 0.929 bits per heavy atom. The Balaban J connectivity index is 1.46. The van der Waals surface area contributed by atoms with Crippen molar-refractivity contribution in [3.63, 3.8) is 0 Å². The fourth-order valence-corrected chi connectivity index (χ4v) is 8.22. The highest BCUT2D eigenvalue weighted by atomic mass is 32.2. The Kier molecular flexibility index (Phi) is 6.67. The molecule has 0 amide bonds. The minimum Gasteiger partial charge on any atom is -0.379 e. The largest absolute Gasteiger partial charge is 0.379 e. The van der Waals surface area contributed by atoms with Crippen LogP contribution < -0.4 is 11.1 Å². The van der Waals surface area contributed by atoms with E-state index in [1.807, 2.05) is 0 Å². The summed E-state index contributed by atoms with van der Waals surface area (Å²) in [4.78, 5) is 2.58. The first-order valence-electron chi connectivity index (χ1n) is 11.5. The van der Waals surface area contributed by atoms with Crippen molar-refractivity contribution in [3.8, 4) is 0 Å². The molecule has 1 saturated carbocycles. The summed E-state index contributed by atoms with van der Waals surface area (Å²) in [6.07, 6.45) is 12.1. The van der Waals surface area contributed by atoms with Crippen molar-refractivity contribution in [2.75, 3.05) is 39.4 Å². The molecule has 0 radical (unpaired) electrons. The fraction of sp³-hybridized carbons (Fsp3) is 1.00. The summed E-state index contributed by atoms with van der Waals surface area (Å²) in [6, 6.07) is 0.533. The molecule has 2 atom stereocenters. The standard InChI is InChI=1S/C21H39N3O3S/c22-19-13-23-16-21(9-5-3-1-2-4-6-10-21)20(19)24-11-7-17(8-12-24)28(25,26)18-14-27-15-18/h17-20,23H,1-16,22H2.